The van der Waals surface area contributed by atoms with Gasteiger partial charge in [0.1, 0.15) is 23.3 Å². The van der Waals surface area contributed by atoms with Crippen molar-refractivity contribution in [1.82, 2.24) is 5.16 Å². The number of ether oxygens (including phenoxy) is 1. The minimum atomic E-state index is -1.12. The van der Waals surface area contributed by atoms with E-state index in [1.807, 2.05) is 0 Å². The Balaban J connectivity index is 1.58. The van der Waals surface area contributed by atoms with Gasteiger partial charge in [-0.05, 0) is 54.8 Å². The van der Waals surface area contributed by atoms with E-state index in [9.17, 15) is 14.0 Å². The van der Waals surface area contributed by atoms with Crippen LogP contribution >= 0.6 is 11.6 Å². The molecule has 1 atom stereocenters. The number of hydrogen-bond donors (Lipinski definition) is 2. The molecule has 4 rings (SSSR count). The number of aliphatic carboxylic acids is 1. The molecule has 4 aromatic rings. The molecule has 0 saturated heterocycles. The van der Waals surface area contributed by atoms with Crippen molar-refractivity contribution in [1.29, 1.82) is 0 Å². The van der Waals surface area contributed by atoms with E-state index < -0.39 is 30.4 Å². The van der Waals surface area contributed by atoms with Gasteiger partial charge in [-0.25, -0.2) is 9.18 Å². The second-order valence-corrected chi connectivity index (χ2v) is 8.52. The van der Waals surface area contributed by atoms with Crippen molar-refractivity contribution in [3.8, 4) is 22.4 Å². The third kappa shape index (κ3) is 5.55. The lowest BCUT2D eigenvalue weighted by atomic mass is 9.98. The van der Waals surface area contributed by atoms with Crippen LogP contribution in [-0.4, -0.2) is 22.3 Å². The normalized spacial score (nSPS) is 11.7. The number of rotatable bonds is 7. The number of carboxylic acids is 1. The first-order valence-corrected chi connectivity index (χ1v) is 11.4. The molecule has 0 bridgehead atoms. The number of halogens is 2. The smallest absolute Gasteiger partial charge is 0.412 e. The molecular formula is C27H22ClFN2O5. The van der Waals surface area contributed by atoms with Crippen molar-refractivity contribution in [3.05, 3.63) is 94.5 Å². The van der Waals surface area contributed by atoms with Crippen molar-refractivity contribution in [3.63, 3.8) is 0 Å². The molecule has 1 amide bonds. The van der Waals surface area contributed by atoms with Gasteiger partial charge in [-0.15, -0.1) is 0 Å². The number of benzene rings is 3. The minimum Gasteiger partial charge on any atom is -0.481 e. The molecule has 184 valence electrons. The Morgan fingerprint density at radius 3 is 2.56 bits per heavy atom. The molecule has 0 radical (unpaired) electrons. The van der Waals surface area contributed by atoms with Gasteiger partial charge in [0, 0.05) is 16.1 Å². The molecule has 36 heavy (non-hydrogen) atoms. The fourth-order valence-corrected chi connectivity index (χ4v) is 4.06. The Labute approximate surface area is 211 Å². The van der Waals surface area contributed by atoms with Gasteiger partial charge in [-0.3, -0.25) is 10.1 Å². The molecule has 0 saturated carbocycles. The highest BCUT2D eigenvalue weighted by atomic mass is 35.5. The number of carboxylic acid groups (broad SMARTS) is 1. The molecule has 0 aliphatic carbocycles. The Morgan fingerprint density at radius 2 is 1.81 bits per heavy atom. The van der Waals surface area contributed by atoms with Gasteiger partial charge in [-0.1, -0.05) is 59.2 Å². The highest BCUT2D eigenvalue weighted by Crippen LogP contribution is 2.34. The van der Waals surface area contributed by atoms with E-state index >= 15 is 0 Å². The SMILES string of the molecule is Cc1onc(-c2cccc(-c3ccc(F)c(CC(=O)O)c3)c2)c1NC(=O)OC(C)c1ccccc1Cl. The largest absolute Gasteiger partial charge is 0.481 e. The summed E-state index contributed by atoms with van der Waals surface area (Å²) in [7, 11) is 0. The van der Waals surface area contributed by atoms with Crippen LogP contribution in [0.2, 0.25) is 5.02 Å². The number of amides is 1. The summed E-state index contributed by atoms with van der Waals surface area (Å²) < 4.78 is 24.9. The summed E-state index contributed by atoms with van der Waals surface area (Å²) >= 11 is 6.20. The van der Waals surface area contributed by atoms with Crippen LogP contribution in [0.3, 0.4) is 0 Å². The second-order valence-electron chi connectivity index (χ2n) is 8.11. The summed E-state index contributed by atoms with van der Waals surface area (Å²) in [5.74, 6) is -1.33. The number of aromatic nitrogens is 1. The molecule has 0 fully saturated rings. The van der Waals surface area contributed by atoms with Crippen LogP contribution in [0.5, 0.6) is 0 Å². The predicted octanol–water partition coefficient (Wildman–Crippen LogP) is 7.05. The molecule has 0 spiro atoms. The van der Waals surface area contributed by atoms with Crippen LogP contribution in [-0.2, 0) is 16.0 Å². The monoisotopic (exact) mass is 508 g/mol. The van der Waals surface area contributed by atoms with Crippen LogP contribution in [0.1, 0.15) is 29.9 Å². The highest BCUT2D eigenvalue weighted by molar-refractivity contribution is 6.31. The number of hydrogen-bond acceptors (Lipinski definition) is 5. The van der Waals surface area contributed by atoms with E-state index in [0.717, 1.165) is 0 Å². The van der Waals surface area contributed by atoms with Crippen molar-refractivity contribution in [2.75, 3.05) is 5.32 Å². The quantitative estimate of drug-likeness (QED) is 0.277. The third-order valence-corrected chi connectivity index (χ3v) is 5.92. The van der Waals surface area contributed by atoms with Crippen LogP contribution in [0.15, 0.2) is 71.3 Å². The molecule has 7 nitrogen and oxygen atoms in total. The van der Waals surface area contributed by atoms with Gasteiger partial charge in [0.05, 0.1) is 6.42 Å². The maximum Gasteiger partial charge on any atom is 0.412 e. The molecule has 0 aliphatic heterocycles. The minimum absolute atomic E-state index is 0.0837. The van der Waals surface area contributed by atoms with Crippen molar-refractivity contribution in [2.45, 2.75) is 26.4 Å². The van der Waals surface area contributed by atoms with Crippen molar-refractivity contribution < 1.29 is 28.3 Å². The summed E-state index contributed by atoms with van der Waals surface area (Å²) in [5.41, 5.74) is 3.45. The van der Waals surface area contributed by atoms with Crippen LogP contribution in [0.25, 0.3) is 22.4 Å². The van der Waals surface area contributed by atoms with Gasteiger partial charge in [-0.2, -0.15) is 0 Å². The summed E-state index contributed by atoms with van der Waals surface area (Å²) in [5, 5.41) is 16.3. The summed E-state index contributed by atoms with van der Waals surface area (Å²) in [6, 6.07) is 18.6. The van der Waals surface area contributed by atoms with Crippen LogP contribution < -0.4 is 5.32 Å². The second kappa shape index (κ2) is 10.6. The molecule has 1 aromatic heterocycles. The van der Waals surface area contributed by atoms with Gasteiger partial charge in [0.15, 0.2) is 5.76 Å². The topological polar surface area (TPSA) is 102 Å². The molecule has 1 heterocycles. The first-order valence-electron chi connectivity index (χ1n) is 11.0. The zero-order valence-corrected chi connectivity index (χ0v) is 20.2. The highest BCUT2D eigenvalue weighted by Gasteiger charge is 2.21. The van der Waals surface area contributed by atoms with E-state index in [2.05, 4.69) is 10.5 Å². The van der Waals surface area contributed by atoms with Crippen LogP contribution in [0, 0.1) is 12.7 Å². The standard InChI is InChI=1S/C27H22ClFN2O5/c1-15(21-8-3-4-9-22(21)28)35-27(34)30-25-16(2)36-31-26(25)19-7-5-6-17(12-19)18-10-11-23(29)20(13-18)14-24(32)33/h3-13,15H,14H2,1-2H3,(H,30,34)(H,32,33). The first-order chi connectivity index (χ1) is 17.2. The Hall–Kier alpha value is -4.17. The summed E-state index contributed by atoms with van der Waals surface area (Å²) in [6.45, 7) is 3.37. The fraction of sp³-hybridized carbons (Fsp3) is 0.148. The zero-order valence-electron chi connectivity index (χ0n) is 19.4. The molecule has 9 heteroatoms. The van der Waals surface area contributed by atoms with E-state index in [1.54, 1.807) is 68.4 Å². The van der Waals surface area contributed by atoms with Gasteiger partial charge >= 0.3 is 12.1 Å². The number of nitrogens with one attached hydrogen (secondary N) is 1. The number of nitrogens with zero attached hydrogens (tertiary/aromatic N) is 1. The summed E-state index contributed by atoms with van der Waals surface area (Å²) in [4.78, 5) is 23.7. The summed E-state index contributed by atoms with van der Waals surface area (Å²) in [6.07, 6.45) is -1.72. The zero-order chi connectivity index (χ0) is 25.8. The fourth-order valence-electron chi connectivity index (χ4n) is 3.78. The molecule has 2 N–H and O–H groups in total. The molecular weight excluding hydrogens is 487 g/mol. The van der Waals surface area contributed by atoms with E-state index in [1.165, 1.54) is 12.1 Å². The number of carbonyl (C=O) groups excluding carboxylic acids is 1. The maximum absolute atomic E-state index is 14.0. The van der Waals surface area contributed by atoms with Crippen LogP contribution in [0.4, 0.5) is 14.9 Å². The average molecular weight is 509 g/mol. The third-order valence-electron chi connectivity index (χ3n) is 5.57. The lowest BCUT2D eigenvalue weighted by molar-refractivity contribution is -0.136. The Morgan fingerprint density at radius 1 is 1.08 bits per heavy atom. The Bertz CT molecular complexity index is 1440. The molecule has 1 unspecified atom stereocenters. The van der Waals surface area contributed by atoms with Crippen molar-refractivity contribution in [2.24, 2.45) is 0 Å². The van der Waals surface area contributed by atoms with E-state index in [-0.39, 0.29) is 5.56 Å². The number of anilines is 1. The Kier molecular flexibility index (Phi) is 7.36. The first kappa shape index (κ1) is 24.9. The lowest BCUT2D eigenvalue weighted by Crippen LogP contribution is -2.17. The van der Waals surface area contributed by atoms with Crippen molar-refractivity contribution >= 4 is 29.4 Å². The predicted molar refractivity (Wildman–Crippen MR) is 133 cm³/mol. The number of aryl methyl sites for hydroxylation is 1. The van der Waals surface area contributed by atoms with E-state index in [0.29, 0.717) is 44.4 Å². The molecule has 0 aliphatic rings. The maximum atomic E-state index is 14.0. The average Bonchev–Trinajstić information content (AvgIpc) is 3.20. The number of carbonyl (C=O) groups is 2. The lowest BCUT2D eigenvalue weighted by Gasteiger charge is -2.15. The van der Waals surface area contributed by atoms with Gasteiger partial charge in [0.2, 0.25) is 0 Å². The van der Waals surface area contributed by atoms with Gasteiger partial charge in [0.25, 0.3) is 0 Å². The molecule has 3 aromatic carbocycles. The van der Waals surface area contributed by atoms with E-state index in [4.69, 9.17) is 26.0 Å². The van der Waals surface area contributed by atoms with Gasteiger partial charge < -0.3 is 14.4 Å².